The minimum atomic E-state index is -3.36. The van der Waals surface area contributed by atoms with Crippen LogP contribution in [0.2, 0.25) is 0 Å². The van der Waals surface area contributed by atoms with Crippen LogP contribution in [0.3, 0.4) is 0 Å². The summed E-state index contributed by atoms with van der Waals surface area (Å²) in [6.45, 7) is 3.21. The Labute approximate surface area is 118 Å². The summed E-state index contributed by atoms with van der Waals surface area (Å²) in [4.78, 5) is 11.5. The number of rotatable bonds is 4. The van der Waals surface area contributed by atoms with Crippen LogP contribution in [0.1, 0.15) is 31.7 Å². The number of hydrogen-bond donors (Lipinski definition) is 1. The molecule has 1 aliphatic rings. The molecule has 2 rings (SSSR count). The zero-order valence-electron chi connectivity index (χ0n) is 11.7. The summed E-state index contributed by atoms with van der Waals surface area (Å²) < 4.78 is 29.6. The monoisotopic (exact) mass is 298 g/mol. The molecule has 1 N–H and O–H groups in total. The van der Waals surface area contributed by atoms with Crippen LogP contribution in [0.4, 0.5) is 0 Å². The van der Waals surface area contributed by atoms with Gasteiger partial charge in [0.25, 0.3) is 0 Å². The Morgan fingerprint density at radius 2 is 2.10 bits per heavy atom. The highest BCUT2D eigenvalue weighted by molar-refractivity contribution is 7.91. The number of carbonyl (C=O) groups is 1. The number of methoxy groups -OCH3 is 1. The third-order valence-electron chi connectivity index (χ3n) is 3.75. The van der Waals surface area contributed by atoms with Gasteiger partial charge in [0.15, 0.2) is 9.84 Å². The van der Waals surface area contributed by atoms with Crippen LogP contribution in [0.5, 0.6) is 5.75 Å². The van der Waals surface area contributed by atoms with Gasteiger partial charge in [0, 0.05) is 11.5 Å². The fourth-order valence-electron chi connectivity index (χ4n) is 2.68. The maximum atomic E-state index is 12.2. The van der Waals surface area contributed by atoms with E-state index >= 15 is 0 Å². The number of benzene rings is 1. The van der Waals surface area contributed by atoms with E-state index in [1.807, 2.05) is 0 Å². The van der Waals surface area contributed by atoms with Gasteiger partial charge in [-0.2, -0.15) is 0 Å². The molecule has 6 heteroatoms. The number of carboxylic acid groups (broad SMARTS) is 1. The van der Waals surface area contributed by atoms with Gasteiger partial charge in [0.05, 0.1) is 23.2 Å². The summed E-state index contributed by atoms with van der Waals surface area (Å²) in [6, 6.07) is 4.90. The molecule has 1 unspecified atom stereocenters. The molecule has 0 saturated heterocycles. The molecule has 1 aliphatic heterocycles. The zero-order valence-corrected chi connectivity index (χ0v) is 12.5. The lowest BCUT2D eigenvalue weighted by atomic mass is 9.80. The van der Waals surface area contributed by atoms with Gasteiger partial charge in [0.2, 0.25) is 0 Å². The molecule has 0 radical (unpaired) electrons. The normalized spacial score (nSPS) is 20.4. The minimum Gasteiger partial charge on any atom is -0.496 e. The van der Waals surface area contributed by atoms with Crippen molar-refractivity contribution in [1.82, 2.24) is 0 Å². The van der Waals surface area contributed by atoms with Gasteiger partial charge in [-0.15, -0.1) is 0 Å². The van der Waals surface area contributed by atoms with Crippen LogP contribution >= 0.6 is 0 Å². The van der Waals surface area contributed by atoms with E-state index in [0.29, 0.717) is 11.3 Å². The summed E-state index contributed by atoms with van der Waals surface area (Å²) in [5.41, 5.74) is -0.368. The summed E-state index contributed by atoms with van der Waals surface area (Å²) in [5, 5.41) is 9.23. The molecule has 1 atom stereocenters. The summed E-state index contributed by atoms with van der Waals surface area (Å²) in [5.74, 6) is -0.829. The number of hydrogen-bond acceptors (Lipinski definition) is 4. The molecule has 0 bridgehead atoms. The molecule has 0 spiro atoms. The Hall–Kier alpha value is -1.56. The summed E-state index contributed by atoms with van der Waals surface area (Å²) >= 11 is 0. The van der Waals surface area contributed by atoms with E-state index in [2.05, 4.69) is 0 Å². The van der Waals surface area contributed by atoms with E-state index < -0.39 is 21.2 Å². The van der Waals surface area contributed by atoms with E-state index in [9.17, 15) is 18.3 Å². The Kier molecular flexibility index (Phi) is 3.54. The smallest absolute Gasteiger partial charge is 0.309 e. The summed E-state index contributed by atoms with van der Waals surface area (Å²) in [6.07, 6.45) is 0.259. The van der Waals surface area contributed by atoms with Crippen molar-refractivity contribution in [2.75, 3.05) is 12.9 Å². The molecule has 110 valence electrons. The second-order valence-corrected chi connectivity index (χ2v) is 7.75. The number of ether oxygens (including phenoxy) is 1. The lowest BCUT2D eigenvalue weighted by Gasteiger charge is -2.23. The van der Waals surface area contributed by atoms with Crippen LogP contribution in [0.15, 0.2) is 23.1 Å². The molecule has 1 aromatic rings. The second kappa shape index (κ2) is 4.77. The van der Waals surface area contributed by atoms with Crippen molar-refractivity contribution in [3.63, 3.8) is 0 Å². The molecule has 0 aliphatic carbocycles. The van der Waals surface area contributed by atoms with Crippen molar-refractivity contribution in [2.45, 2.75) is 31.1 Å². The third-order valence-corrected chi connectivity index (χ3v) is 5.61. The number of fused-ring (bicyclic) bond motifs is 1. The lowest BCUT2D eigenvalue weighted by molar-refractivity contribution is -0.147. The van der Waals surface area contributed by atoms with Crippen molar-refractivity contribution in [1.29, 1.82) is 0 Å². The largest absolute Gasteiger partial charge is 0.496 e. The molecule has 1 aromatic carbocycles. The van der Waals surface area contributed by atoms with E-state index in [1.165, 1.54) is 7.11 Å². The van der Waals surface area contributed by atoms with E-state index in [1.54, 1.807) is 32.0 Å². The van der Waals surface area contributed by atoms with E-state index in [4.69, 9.17) is 4.74 Å². The highest BCUT2D eigenvalue weighted by Crippen LogP contribution is 2.45. The molecule has 0 fully saturated rings. The lowest BCUT2D eigenvalue weighted by Crippen LogP contribution is -2.26. The standard InChI is InChI=1S/C14H18O5S/c1-14(2,13(15)16)7-9-8-20(17,18)11-6-4-5-10(19-3)12(9)11/h4-6,9H,7-8H2,1-3H3,(H,15,16). The highest BCUT2D eigenvalue weighted by Gasteiger charge is 2.41. The number of carboxylic acids is 1. The Morgan fingerprint density at radius 3 is 2.65 bits per heavy atom. The van der Waals surface area contributed by atoms with Crippen LogP contribution in [-0.2, 0) is 14.6 Å². The molecule has 1 heterocycles. The first-order valence-corrected chi connectivity index (χ1v) is 7.97. The molecule has 0 saturated carbocycles. The van der Waals surface area contributed by atoms with Crippen LogP contribution in [0, 0.1) is 5.41 Å². The first-order chi connectivity index (χ1) is 9.19. The molecule has 5 nitrogen and oxygen atoms in total. The Morgan fingerprint density at radius 1 is 1.45 bits per heavy atom. The van der Waals surface area contributed by atoms with Crippen molar-refractivity contribution >= 4 is 15.8 Å². The van der Waals surface area contributed by atoms with Gasteiger partial charge in [-0.25, -0.2) is 8.42 Å². The van der Waals surface area contributed by atoms with Gasteiger partial charge in [-0.3, -0.25) is 4.79 Å². The predicted octanol–water partition coefficient (Wildman–Crippen LogP) is 2.07. The Bertz CT molecular complexity index is 646. The minimum absolute atomic E-state index is 0.0561. The average molecular weight is 298 g/mol. The zero-order chi connectivity index (χ0) is 15.1. The average Bonchev–Trinajstić information content (AvgIpc) is 2.60. The first-order valence-electron chi connectivity index (χ1n) is 6.32. The number of sulfone groups is 1. The first kappa shape index (κ1) is 14.8. The van der Waals surface area contributed by atoms with Gasteiger partial charge < -0.3 is 9.84 Å². The van der Waals surface area contributed by atoms with Crippen molar-refractivity contribution in [2.24, 2.45) is 5.41 Å². The molecular formula is C14H18O5S. The topological polar surface area (TPSA) is 80.7 Å². The molecule has 0 aromatic heterocycles. The fourth-order valence-corrected chi connectivity index (χ4v) is 4.56. The highest BCUT2D eigenvalue weighted by atomic mass is 32.2. The van der Waals surface area contributed by atoms with Crippen LogP contribution in [0.25, 0.3) is 0 Å². The van der Waals surface area contributed by atoms with E-state index in [-0.39, 0.29) is 23.0 Å². The van der Waals surface area contributed by atoms with Gasteiger partial charge >= 0.3 is 5.97 Å². The fraction of sp³-hybridized carbons (Fsp3) is 0.500. The van der Waals surface area contributed by atoms with Crippen LogP contribution < -0.4 is 4.74 Å². The molecular weight excluding hydrogens is 280 g/mol. The third kappa shape index (κ3) is 2.40. The second-order valence-electron chi connectivity index (χ2n) is 5.74. The SMILES string of the molecule is COc1cccc2c1C(CC(C)(C)C(=O)O)CS2(=O)=O. The summed E-state index contributed by atoms with van der Waals surface area (Å²) in [7, 11) is -1.87. The van der Waals surface area contributed by atoms with Gasteiger partial charge in [0.1, 0.15) is 5.75 Å². The van der Waals surface area contributed by atoms with E-state index in [0.717, 1.165) is 0 Å². The van der Waals surface area contributed by atoms with Crippen molar-refractivity contribution in [3.8, 4) is 5.75 Å². The van der Waals surface area contributed by atoms with Gasteiger partial charge in [-0.05, 0) is 32.4 Å². The molecule has 20 heavy (non-hydrogen) atoms. The van der Waals surface area contributed by atoms with Gasteiger partial charge in [-0.1, -0.05) is 6.07 Å². The van der Waals surface area contributed by atoms with Crippen molar-refractivity contribution in [3.05, 3.63) is 23.8 Å². The van der Waals surface area contributed by atoms with Crippen molar-refractivity contribution < 1.29 is 23.1 Å². The predicted molar refractivity (Wildman–Crippen MR) is 73.8 cm³/mol. The molecule has 0 amide bonds. The maximum Gasteiger partial charge on any atom is 0.309 e. The number of aliphatic carboxylic acids is 1. The maximum absolute atomic E-state index is 12.2. The quantitative estimate of drug-likeness (QED) is 0.920. The van der Waals surface area contributed by atoms with Crippen LogP contribution in [-0.4, -0.2) is 32.4 Å². The Balaban J connectivity index is 2.49.